The van der Waals surface area contributed by atoms with E-state index in [-0.39, 0.29) is 17.8 Å². The van der Waals surface area contributed by atoms with Gasteiger partial charge in [0, 0.05) is 21.0 Å². The molecule has 38 heavy (non-hydrogen) atoms. The Hall–Kier alpha value is -3.10. The summed E-state index contributed by atoms with van der Waals surface area (Å²) in [6.07, 6.45) is 6.22. The zero-order valence-corrected chi connectivity index (χ0v) is 23.7. The van der Waals surface area contributed by atoms with Gasteiger partial charge in [-0.3, -0.25) is 9.59 Å². The van der Waals surface area contributed by atoms with Gasteiger partial charge in [0.1, 0.15) is 5.00 Å². The number of carbonyl (C=O) groups excluding carboxylic acids is 3. The maximum atomic E-state index is 13.2. The molecule has 0 saturated carbocycles. The minimum Gasteiger partial charge on any atom is -0.462 e. The Morgan fingerprint density at radius 2 is 1.76 bits per heavy atom. The average molecular weight is 551 g/mol. The van der Waals surface area contributed by atoms with E-state index >= 15 is 0 Å². The Morgan fingerprint density at radius 3 is 2.53 bits per heavy atom. The maximum Gasteiger partial charge on any atom is 0.341 e. The highest BCUT2D eigenvalue weighted by Gasteiger charge is 2.27. The Kier molecular flexibility index (Phi) is 9.63. The topological polar surface area (TPSA) is 84.5 Å². The Labute approximate surface area is 232 Å². The molecule has 1 atom stereocenters. The summed E-state index contributed by atoms with van der Waals surface area (Å²) in [5, 5.41) is 6.14. The van der Waals surface area contributed by atoms with E-state index in [0.717, 1.165) is 48.1 Å². The largest absolute Gasteiger partial charge is 0.462 e. The van der Waals surface area contributed by atoms with Gasteiger partial charge < -0.3 is 15.4 Å². The molecule has 2 aromatic carbocycles. The van der Waals surface area contributed by atoms with Gasteiger partial charge in [-0.05, 0) is 82.3 Å². The fourth-order valence-electron chi connectivity index (χ4n) is 4.53. The van der Waals surface area contributed by atoms with Gasteiger partial charge in [-0.2, -0.15) is 0 Å². The second-order valence-corrected chi connectivity index (χ2v) is 12.0. The van der Waals surface area contributed by atoms with E-state index in [9.17, 15) is 14.4 Å². The fourth-order valence-corrected chi connectivity index (χ4v) is 6.74. The van der Waals surface area contributed by atoms with Gasteiger partial charge in [0.15, 0.2) is 0 Å². The summed E-state index contributed by atoms with van der Waals surface area (Å²) in [5.41, 5.74) is 3.85. The van der Waals surface area contributed by atoms with E-state index in [0.29, 0.717) is 28.4 Å². The highest BCUT2D eigenvalue weighted by molar-refractivity contribution is 8.00. The number of rotatable bonds is 8. The van der Waals surface area contributed by atoms with Crippen LogP contribution in [-0.2, 0) is 22.4 Å². The second-order valence-electron chi connectivity index (χ2n) is 9.44. The number of ether oxygens (including phenoxy) is 1. The van der Waals surface area contributed by atoms with Gasteiger partial charge in [0.25, 0.3) is 5.91 Å². The van der Waals surface area contributed by atoms with Crippen LogP contribution in [-0.4, -0.2) is 29.6 Å². The van der Waals surface area contributed by atoms with Crippen molar-refractivity contribution < 1.29 is 19.1 Å². The summed E-state index contributed by atoms with van der Waals surface area (Å²) in [7, 11) is 0. The first-order valence-corrected chi connectivity index (χ1v) is 14.8. The molecule has 4 rings (SSSR count). The summed E-state index contributed by atoms with van der Waals surface area (Å²) >= 11 is 2.91. The first-order chi connectivity index (χ1) is 18.4. The second kappa shape index (κ2) is 13.1. The lowest BCUT2D eigenvalue weighted by Gasteiger charge is -2.14. The molecule has 1 heterocycles. The number of hydrogen-bond acceptors (Lipinski definition) is 6. The predicted molar refractivity (Wildman–Crippen MR) is 156 cm³/mol. The van der Waals surface area contributed by atoms with Crippen molar-refractivity contribution in [3.63, 3.8) is 0 Å². The van der Waals surface area contributed by atoms with Gasteiger partial charge in [-0.15, -0.1) is 23.1 Å². The number of thioether (sulfide) groups is 1. The van der Waals surface area contributed by atoms with Gasteiger partial charge in [-0.25, -0.2) is 4.79 Å². The number of aryl methyl sites for hydroxylation is 2. The third kappa shape index (κ3) is 7.05. The molecule has 0 aliphatic heterocycles. The first kappa shape index (κ1) is 27.9. The van der Waals surface area contributed by atoms with E-state index in [1.807, 2.05) is 56.3 Å². The van der Waals surface area contributed by atoms with Crippen LogP contribution in [0.3, 0.4) is 0 Å². The number of fused-ring (bicyclic) bond motifs is 1. The molecule has 0 saturated heterocycles. The molecule has 0 bridgehead atoms. The minimum absolute atomic E-state index is 0.177. The van der Waals surface area contributed by atoms with Gasteiger partial charge in [0.05, 0.1) is 17.4 Å². The lowest BCUT2D eigenvalue weighted by molar-refractivity contribution is -0.115. The Bertz CT molecular complexity index is 1320. The van der Waals surface area contributed by atoms with Crippen LogP contribution in [0.15, 0.2) is 53.4 Å². The first-order valence-electron chi connectivity index (χ1n) is 13.1. The van der Waals surface area contributed by atoms with Crippen molar-refractivity contribution in [2.75, 3.05) is 17.2 Å². The van der Waals surface area contributed by atoms with Crippen molar-refractivity contribution in [3.05, 3.63) is 75.7 Å². The van der Waals surface area contributed by atoms with Crippen LogP contribution in [0.2, 0.25) is 0 Å². The molecule has 1 aliphatic carbocycles. The number of hydrogen-bond donors (Lipinski definition) is 2. The molecule has 1 aromatic heterocycles. The Balaban J connectivity index is 1.46. The monoisotopic (exact) mass is 550 g/mol. The molecule has 200 valence electrons. The van der Waals surface area contributed by atoms with Crippen LogP contribution in [0.4, 0.5) is 10.7 Å². The number of anilines is 2. The van der Waals surface area contributed by atoms with Gasteiger partial charge >= 0.3 is 5.97 Å². The van der Waals surface area contributed by atoms with Crippen LogP contribution in [0, 0.1) is 6.92 Å². The molecular weight excluding hydrogens is 516 g/mol. The molecule has 1 aliphatic rings. The smallest absolute Gasteiger partial charge is 0.341 e. The maximum absolute atomic E-state index is 13.2. The lowest BCUT2D eigenvalue weighted by atomic mass is 9.96. The van der Waals surface area contributed by atoms with Crippen LogP contribution >= 0.6 is 23.1 Å². The van der Waals surface area contributed by atoms with Crippen molar-refractivity contribution in [1.82, 2.24) is 0 Å². The number of carbonyl (C=O) groups is 3. The summed E-state index contributed by atoms with van der Waals surface area (Å²) in [4.78, 5) is 40.8. The SMILES string of the molecule is CCOC(=O)c1c(NC(=O)C(C)Sc2cccc(NC(=O)c3cccc(C)c3)c2)sc2c1CCCCCC2. The molecule has 6 nitrogen and oxygen atoms in total. The van der Waals surface area contributed by atoms with Crippen molar-refractivity contribution in [2.45, 2.75) is 69.4 Å². The number of amides is 2. The summed E-state index contributed by atoms with van der Waals surface area (Å²) in [6.45, 7) is 5.87. The standard InChI is InChI=1S/C30H34N2O4S2/c1-4-36-30(35)26-24-15-7-5-6-8-16-25(24)38-29(26)32-27(33)20(3)37-23-14-10-13-22(18-23)31-28(34)21-12-9-11-19(2)17-21/h9-14,17-18,20H,4-8,15-16H2,1-3H3,(H,31,34)(H,32,33). The lowest BCUT2D eigenvalue weighted by Crippen LogP contribution is -2.23. The normalized spacial score (nSPS) is 14.0. The van der Waals surface area contributed by atoms with E-state index in [4.69, 9.17) is 4.74 Å². The number of esters is 1. The number of thiophene rings is 1. The highest BCUT2D eigenvalue weighted by atomic mass is 32.2. The van der Waals surface area contributed by atoms with E-state index in [1.165, 1.54) is 34.4 Å². The van der Waals surface area contributed by atoms with Crippen molar-refractivity contribution >= 4 is 51.6 Å². The molecule has 3 aromatic rings. The zero-order valence-electron chi connectivity index (χ0n) is 22.1. The summed E-state index contributed by atoms with van der Waals surface area (Å²) < 4.78 is 5.36. The van der Waals surface area contributed by atoms with E-state index < -0.39 is 5.25 Å². The average Bonchev–Trinajstić information content (AvgIpc) is 3.20. The van der Waals surface area contributed by atoms with E-state index in [2.05, 4.69) is 10.6 Å². The van der Waals surface area contributed by atoms with Gasteiger partial charge in [0.2, 0.25) is 5.91 Å². The van der Waals surface area contributed by atoms with Crippen LogP contribution in [0.1, 0.15) is 76.3 Å². The molecule has 0 fully saturated rings. The van der Waals surface area contributed by atoms with E-state index in [1.54, 1.807) is 13.0 Å². The third-order valence-corrected chi connectivity index (χ3v) is 8.74. The number of benzene rings is 2. The number of nitrogens with one attached hydrogen (secondary N) is 2. The van der Waals surface area contributed by atoms with Crippen molar-refractivity contribution in [1.29, 1.82) is 0 Å². The molecule has 2 N–H and O–H groups in total. The quantitative estimate of drug-likeness (QED) is 0.228. The van der Waals surface area contributed by atoms with Gasteiger partial charge in [-0.1, -0.05) is 36.6 Å². The third-order valence-electron chi connectivity index (χ3n) is 6.44. The highest BCUT2D eigenvalue weighted by Crippen LogP contribution is 2.38. The molecule has 8 heteroatoms. The molecule has 0 radical (unpaired) electrons. The Morgan fingerprint density at radius 1 is 1.00 bits per heavy atom. The molecular formula is C30H34N2O4S2. The fraction of sp³-hybridized carbons (Fsp3) is 0.367. The van der Waals surface area contributed by atoms with Crippen LogP contribution < -0.4 is 10.6 Å². The minimum atomic E-state index is -0.419. The summed E-state index contributed by atoms with van der Waals surface area (Å²) in [5.74, 6) is -0.719. The van der Waals surface area contributed by atoms with Crippen LogP contribution in [0.5, 0.6) is 0 Å². The molecule has 2 amide bonds. The zero-order chi connectivity index (χ0) is 27.1. The molecule has 1 unspecified atom stereocenters. The van der Waals surface area contributed by atoms with Crippen molar-refractivity contribution in [3.8, 4) is 0 Å². The predicted octanol–water partition coefficient (Wildman–Crippen LogP) is 7.26. The van der Waals surface area contributed by atoms with Crippen molar-refractivity contribution in [2.24, 2.45) is 0 Å². The molecule has 0 spiro atoms. The summed E-state index contributed by atoms with van der Waals surface area (Å²) in [6, 6.07) is 14.9. The van der Waals surface area contributed by atoms with Crippen LogP contribution in [0.25, 0.3) is 0 Å².